The Morgan fingerprint density at radius 2 is 1.61 bits per heavy atom. The molecule has 4 rings (SSSR count). The van der Waals surface area contributed by atoms with E-state index in [1.165, 1.54) is 39.9 Å². The number of nitrogens with zero attached hydrogens (tertiary/aromatic N) is 3. The Morgan fingerprint density at radius 1 is 1.00 bits per heavy atom. The minimum atomic E-state index is -3.75. The van der Waals surface area contributed by atoms with Gasteiger partial charge in [0.2, 0.25) is 10.0 Å². The van der Waals surface area contributed by atoms with Crippen LogP contribution in [0.1, 0.15) is 10.4 Å². The second-order valence-electron chi connectivity index (χ2n) is 6.73. The third kappa shape index (κ3) is 5.14. The molecule has 0 atom stereocenters. The largest absolute Gasteiger partial charge is 0.298 e. The van der Waals surface area contributed by atoms with E-state index in [9.17, 15) is 13.2 Å². The standard InChI is InChI=1S/C20H18Cl2N4O3S4/c1-30-20-24-15-7-6-14-16(17(15)32-20)31-19(23-14)25-18(27)12-2-4-13(5-3-12)33(28,29)26(10-8-21)11-9-22/h2-7H,8-11H2,1H3,(H,23,25,27). The van der Waals surface area contributed by atoms with Crippen molar-refractivity contribution in [2.75, 3.05) is 36.4 Å². The molecule has 2 aromatic carbocycles. The van der Waals surface area contributed by atoms with Gasteiger partial charge in [0.1, 0.15) is 0 Å². The lowest BCUT2D eigenvalue weighted by Crippen LogP contribution is -2.34. The summed E-state index contributed by atoms with van der Waals surface area (Å²) in [6.07, 6.45) is 1.98. The molecule has 0 aliphatic rings. The molecular weight excluding hydrogens is 543 g/mol. The molecule has 0 aliphatic carbocycles. The van der Waals surface area contributed by atoms with Crippen LogP contribution < -0.4 is 5.32 Å². The molecule has 0 radical (unpaired) electrons. The Kier molecular flexibility index (Phi) is 7.79. The first-order valence-corrected chi connectivity index (χ1v) is 15.0. The van der Waals surface area contributed by atoms with E-state index in [-0.39, 0.29) is 35.7 Å². The number of hydrogen-bond acceptors (Lipinski definition) is 8. The molecule has 2 aromatic heterocycles. The van der Waals surface area contributed by atoms with Crippen molar-refractivity contribution in [3.05, 3.63) is 42.0 Å². The number of fused-ring (bicyclic) bond motifs is 3. The van der Waals surface area contributed by atoms with Gasteiger partial charge in [-0.3, -0.25) is 10.1 Å². The van der Waals surface area contributed by atoms with E-state index in [0.29, 0.717) is 10.7 Å². The molecule has 174 valence electrons. The monoisotopic (exact) mass is 560 g/mol. The summed E-state index contributed by atoms with van der Waals surface area (Å²) in [5.41, 5.74) is 2.02. The summed E-state index contributed by atoms with van der Waals surface area (Å²) in [6, 6.07) is 9.57. The average molecular weight is 562 g/mol. The lowest BCUT2D eigenvalue weighted by molar-refractivity contribution is 0.102. The molecule has 0 unspecified atom stereocenters. The molecule has 33 heavy (non-hydrogen) atoms. The van der Waals surface area contributed by atoms with Gasteiger partial charge >= 0.3 is 0 Å². The molecular formula is C20H18Cl2N4O3S4. The number of aromatic nitrogens is 2. The highest BCUT2D eigenvalue weighted by Gasteiger charge is 2.24. The van der Waals surface area contributed by atoms with Crippen LogP contribution in [0.25, 0.3) is 20.4 Å². The highest BCUT2D eigenvalue weighted by atomic mass is 35.5. The van der Waals surface area contributed by atoms with Gasteiger partial charge in [0, 0.05) is 30.4 Å². The fraction of sp³-hybridized carbons (Fsp3) is 0.250. The number of benzene rings is 2. The smallest absolute Gasteiger partial charge is 0.257 e. The molecule has 13 heteroatoms. The van der Waals surface area contributed by atoms with Crippen molar-refractivity contribution < 1.29 is 13.2 Å². The summed E-state index contributed by atoms with van der Waals surface area (Å²) in [4.78, 5) is 21.9. The summed E-state index contributed by atoms with van der Waals surface area (Å²) < 4.78 is 29.8. The number of alkyl halides is 2. The number of thiazole rings is 2. The van der Waals surface area contributed by atoms with Gasteiger partial charge in [-0.25, -0.2) is 18.4 Å². The van der Waals surface area contributed by atoms with Gasteiger partial charge in [0.05, 0.1) is 25.3 Å². The minimum absolute atomic E-state index is 0.0754. The van der Waals surface area contributed by atoms with Gasteiger partial charge < -0.3 is 0 Å². The summed E-state index contributed by atoms with van der Waals surface area (Å²) in [5.74, 6) is -0.0575. The van der Waals surface area contributed by atoms with Gasteiger partial charge in [0.25, 0.3) is 5.91 Å². The zero-order chi connectivity index (χ0) is 23.6. The summed E-state index contributed by atoms with van der Waals surface area (Å²) in [7, 11) is -3.75. The maximum atomic E-state index is 12.8. The molecule has 0 aliphatic heterocycles. The number of amides is 1. The van der Waals surface area contributed by atoms with Crippen LogP contribution in [0, 0.1) is 0 Å². The van der Waals surface area contributed by atoms with E-state index in [1.807, 2.05) is 18.4 Å². The number of nitrogens with one attached hydrogen (secondary N) is 1. The van der Waals surface area contributed by atoms with Gasteiger partial charge in [-0.05, 0) is 42.7 Å². The second-order valence-corrected chi connectivity index (χ2v) is 12.5. The van der Waals surface area contributed by atoms with Crippen LogP contribution in [0.4, 0.5) is 5.13 Å². The van der Waals surface area contributed by atoms with Crippen LogP contribution in [0.5, 0.6) is 0 Å². The maximum Gasteiger partial charge on any atom is 0.257 e. The van der Waals surface area contributed by atoms with Crippen molar-refractivity contribution in [1.29, 1.82) is 0 Å². The van der Waals surface area contributed by atoms with E-state index in [1.54, 1.807) is 23.1 Å². The van der Waals surface area contributed by atoms with E-state index >= 15 is 0 Å². The van der Waals surface area contributed by atoms with Crippen LogP contribution in [0.3, 0.4) is 0 Å². The quantitative estimate of drug-likeness (QED) is 0.219. The van der Waals surface area contributed by atoms with Crippen molar-refractivity contribution in [2.24, 2.45) is 0 Å². The number of carbonyl (C=O) groups is 1. The van der Waals surface area contributed by atoms with Crippen molar-refractivity contribution in [2.45, 2.75) is 9.24 Å². The zero-order valence-corrected chi connectivity index (χ0v) is 22.0. The normalized spacial score (nSPS) is 12.1. The second kappa shape index (κ2) is 10.4. The molecule has 2 heterocycles. The lowest BCUT2D eigenvalue weighted by Gasteiger charge is -2.20. The fourth-order valence-corrected chi connectivity index (χ4v) is 7.83. The molecule has 0 bridgehead atoms. The van der Waals surface area contributed by atoms with E-state index in [2.05, 4.69) is 15.3 Å². The predicted octanol–water partition coefficient (Wildman–Crippen LogP) is 5.35. The first-order valence-electron chi connectivity index (χ1n) is 9.65. The molecule has 4 aromatic rings. The Balaban J connectivity index is 1.55. The Bertz CT molecular complexity index is 1400. The van der Waals surface area contributed by atoms with E-state index in [4.69, 9.17) is 23.2 Å². The molecule has 0 saturated heterocycles. The minimum Gasteiger partial charge on any atom is -0.298 e. The van der Waals surface area contributed by atoms with Crippen molar-refractivity contribution in [3.8, 4) is 0 Å². The summed E-state index contributed by atoms with van der Waals surface area (Å²) in [5, 5.41) is 3.27. The van der Waals surface area contributed by atoms with Crippen LogP contribution in [0.15, 0.2) is 45.6 Å². The van der Waals surface area contributed by atoms with Crippen LogP contribution in [-0.4, -0.2) is 59.7 Å². The maximum absolute atomic E-state index is 12.8. The third-order valence-corrected chi connectivity index (χ3v) is 10.2. The lowest BCUT2D eigenvalue weighted by atomic mass is 10.2. The first-order chi connectivity index (χ1) is 15.9. The number of halogens is 2. The van der Waals surface area contributed by atoms with E-state index in [0.717, 1.165) is 24.8 Å². The van der Waals surface area contributed by atoms with Crippen LogP contribution in [-0.2, 0) is 10.0 Å². The number of carbonyl (C=O) groups excluding carboxylic acids is 1. The summed E-state index contributed by atoms with van der Waals surface area (Å²) >= 11 is 16.0. The Morgan fingerprint density at radius 3 is 2.21 bits per heavy atom. The van der Waals surface area contributed by atoms with Crippen molar-refractivity contribution >= 4 is 99.1 Å². The number of anilines is 1. The molecule has 0 spiro atoms. The first kappa shape index (κ1) is 24.6. The van der Waals surface area contributed by atoms with Gasteiger partial charge in [-0.2, -0.15) is 4.31 Å². The number of sulfonamides is 1. The fourth-order valence-electron chi connectivity index (χ4n) is 3.13. The van der Waals surface area contributed by atoms with Crippen molar-refractivity contribution in [3.63, 3.8) is 0 Å². The van der Waals surface area contributed by atoms with Gasteiger partial charge in [-0.1, -0.05) is 23.1 Å². The number of hydrogen-bond donors (Lipinski definition) is 1. The zero-order valence-electron chi connectivity index (χ0n) is 17.2. The molecule has 7 nitrogen and oxygen atoms in total. The SMILES string of the molecule is CSc1nc2ccc3nc(NC(=O)c4ccc(S(=O)(=O)N(CCCl)CCCl)cc4)sc3c2s1. The number of thioether (sulfide) groups is 1. The van der Waals surface area contributed by atoms with Crippen molar-refractivity contribution in [1.82, 2.24) is 14.3 Å². The topological polar surface area (TPSA) is 92.3 Å². The number of rotatable bonds is 9. The molecule has 0 fully saturated rings. The van der Waals surface area contributed by atoms with Gasteiger partial charge in [0.15, 0.2) is 9.47 Å². The highest BCUT2D eigenvalue weighted by molar-refractivity contribution is 8.00. The Hall–Kier alpha value is -1.47. The molecule has 0 saturated carbocycles. The third-order valence-electron chi connectivity index (χ3n) is 4.71. The average Bonchev–Trinajstić information content (AvgIpc) is 3.42. The van der Waals surface area contributed by atoms with Crippen LogP contribution in [0.2, 0.25) is 0 Å². The highest BCUT2D eigenvalue weighted by Crippen LogP contribution is 2.38. The predicted molar refractivity (Wildman–Crippen MR) is 139 cm³/mol. The van der Waals surface area contributed by atoms with Gasteiger partial charge in [-0.15, -0.1) is 34.5 Å². The summed E-state index contributed by atoms with van der Waals surface area (Å²) in [6.45, 7) is 0.309. The Labute approximate surface area is 213 Å². The van der Waals surface area contributed by atoms with Crippen LogP contribution >= 0.6 is 57.6 Å². The van der Waals surface area contributed by atoms with E-state index < -0.39 is 10.0 Å². The molecule has 1 N–H and O–H groups in total. The molecule has 1 amide bonds.